The summed E-state index contributed by atoms with van der Waals surface area (Å²) >= 11 is 0. The summed E-state index contributed by atoms with van der Waals surface area (Å²) in [5, 5.41) is 18.2. The number of carbonyl (C=O) groups excluding carboxylic acids is 2. The largest absolute Gasteiger partial charge is 0.507 e. The number of unbranched alkanes of at least 4 members (excludes halogenated alkanes) is 1. The highest BCUT2D eigenvalue weighted by molar-refractivity contribution is 6.03. The summed E-state index contributed by atoms with van der Waals surface area (Å²) in [4.78, 5) is 23.0. The third-order valence-corrected chi connectivity index (χ3v) is 2.52. The van der Waals surface area contributed by atoms with Crippen molar-refractivity contribution < 1.29 is 19.8 Å². The Bertz CT molecular complexity index is 423. The Morgan fingerprint density at radius 1 is 1.24 bits per heavy atom. The molecule has 1 aromatic rings. The summed E-state index contributed by atoms with van der Waals surface area (Å²) in [6.45, 7) is 1.31. The van der Waals surface area contributed by atoms with Crippen LogP contribution >= 0.6 is 0 Å². The molecule has 0 radical (unpaired) electrons. The van der Waals surface area contributed by atoms with Crippen molar-refractivity contribution in [2.45, 2.75) is 26.2 Å². The number of Topliss-reactive ketones (excluding diaryl/α,β-unsaturated/α-hetero) is 2. The first kappa shape index (κ1) is 13.4. The molecule has 0 unspecified atom stereocenters. The van der Waals surface area contributed by atoms with Gasteiger partial charge in [0.1, 0.15) is 12.4 Å². The number of aromatic hydroxyl groups is 1. The lowest BCUT2D eigenvalue weighted by Crippen LogP contribution is -2.07. The van der Waals surface area contributed by atoms with Gasteiger partial charge in [-0.2, -0.15) is 0 Å². The molecule has 1 aromatic carbocycles. The number of hydrogen-bond acceptors (Lipinski definition) is 4. The van der Waals surface area contributed by atoms with Crippen LogP contribution in [0.25, 0.3) is 0 Å². The van der Waals surface area contributed by atoms with Gasteiger partial charge >= 0.3 is 0 Å². The van der Waals surface area contributed by atoms with Gasteiger partial charge in [0, 0.05) is 12.0 Å². The Morgan fingerprint density at radius 2 is 1.94 bits per heavy atom. The molecule has 0 aliphatic rings. The topological polar surface area (TPSA) is 74.6 Å². The number of carbonyl (C=O) groups is 2. The van der Waals surface area contributed by atoms with Crippen molar-refractivity contribution in [2.75, 3.05) is 6.61 Å². The van der Waals surface area contributed by atoms with Crippen molar-refractivity contribution in [3.05, 3.63) is 29.3 Å². The van der Waals surface area contributed by atoms with E-state index in [2.05, 4.69) is 0 Å². The van der Waals surface area contributed by atoms with E-state index in [1.54, 1.807) is 0 Å². The van der Waals surface area contributed by atoms with Gasteiger partial charge in [-0.05, 0) is 24.6 Å². The molecule has 92 valence electrons. The molecule has 0 saturated carbocycles. The summed E-state index contributed by atoms with van der Waals surface area (Å²) < 4.78 is 0. The number of aliphatic hydroxyl groups excluding tert-OH is 1. The summed E-state index contributed by atoms with van der Waals surface area (Å²) in [6.07, 6.45) is 2.14. The number of rotatable bonds is 6. The predicted molar refractivity (Wildman–Crippen MR) is 63.4 cm³/mol. The van der Waals surface area contributed by atoms with E-state index in [0.717, 1.165) is 12.8 Å². The summed E-state index contributed by atoms with van der Waals surface area (Å²) in [5.74, 6) is -0.859. The predicted octanol–water partition coefficient (Wildman–Crippen LogP) is 1.94. The number of hydrogen-bond donors (Lipinski definition) is 2. The maximum Gasteiger partial charge on any atom is 0.191 e. The van der Waals surface area contributed by atoms with Gasteiger partial charge in [0.2, 0.25) is 0 Å². The molecule has 1 rings (SSSR count). The molecule has 0 atom stereocenters. The van der Waals surface area contributed by atoms with E-state index in [-0.39, 0.29) is 17.1 Å². The average Bonchev–Trinajstić information content (AvgIpc) is 2.35. The fraction of sp³-hybridized carbons (Fsp3) is 0.385. The molecule has 4 nitrogen and oxygen atoms in total. The van der Waals surface area contributed by atoms with Gasteiger partial charge in [-0.25, -0.2) is 0 Å². The second kappa shape index (κ2) is 6.15. The molecule has 17 heavy (non-hydrogen) atoms. The van der Waals surface area contributed by atoms with Crippen LogP contribution in [0.4, 0.5) is 0 Å². The van der Waals surface area contributed by atoms with Gasteiger partial charge < -0.3 is 10.2 Å². The lowest BCUT2D eigenvalue weighted by atomic mass is 10.0. The molecular weight excluding hydrogens is 220 g/mol. The van der Waals surface area contributed by atoms with Crippen LogP contribution in [-0.2, 0) is 0 Å². The second-order valence-corrected chi connectivity index (χ2v) is 3.84. The third-order valence-electron chi connectivity index (χ3n) is 2.52. The van der Waals surface area contributed by atoms with Crippen molar-refractivity contribution in [1.29, 1.82) is 0 Å². The van der Waals surface area contributed by atoms with Gasteiger partial charge in [-0.3, -0.25) is 9.59 Å². The Kier molecular flexibility index (Phi) is 4.84. The molecule has 0 aliphatic carbocycles. The van der Waals surface area contributed by atoms with E-state index in [1.807, 2.05) is 6.92 Å². The minimum absolute atomic E-state index is 0.00477. The van der Waals surface area contributed by atoms with Gasteiger partial charge in [0.15, 0.2) is 11.6 Å². The summed E-state index contributed by atoms with van der Waals surface area (Å²) in [7, 11) is 0. The standard InChI is InChI=1S/C13H16O4/c1-2-3-4-11(15)9-5-6-12(16)10(7-9)13(17)8-14/h5-7,14,16H,2-4,8H2,1H3. The maximum absolute atomic E-state index is 11.7. The number of phenols is 1. The summed E-state index contributed by atoms with van der Waals surface area (Å²) in [5.41, 5.74) is 0.392. The Labute approximate surface area is 99.9 Å². The lowest BCUT2D eigenvalue weighted by Gasteiger charge is -2.05. The molecule has 0 amide bonds. The second-order valence-electron chi connectivity index (χ2n) is 3.84. The van der Waals surface area contributed by atoms with Crippen LogP contribution in [0.1, 0.15) is 46.9 Å². The zero-order valence-electron chi connectivity index (χ0n) is 9.77. The molecule has 2 N–H and O–H groups in total. The quantitative estimate of drug-likeness (QED) is 0.740. The van der Waals surface area contributed by atoms with Crippen molar-refractivity contribution in [3.63, 3.8) is 0 Å². The normalized spacial score (nSPS) is 10.2. The average molecular weight is 236 g/mol. The van der Waals surface area contributed by atoms with Crippen LogP contribution in [0, 0.1) is 0 Å². The van der Waals surface area contributed by atoms with Crippen molar-refractivity contribution in [2.24, 2.45) is 0 Å². The molecule has 4 heteroatoms. The van der Waals surface area contributed by atoms with Crippen LogP contribution < -0.4 is 0 Å². The van der Waals surface area contributed by atoms with E-state index in [9.17, 15) is 14.7 Å². The highest BCUT2D eigenvalue weighted by Crippen LogP contribution is 2.20. The van der Waals surface area contributed by atoms with E-state index >= 15 is 0 Å². The number of phenolic OH excluding ortho intramolecular Hbond substituents is 1. The molecule has 0 bridgehead atoms. The Balaban J connectivity index is 2.96. The zero-order chi connectivity index (χ0) is 12.8. The zero-order valence-corrected chi connectivity index (χ0v) is 9.77. The highest BCUT2D eigenvalue weighted by Gasteiger charge is 2.13. The number of ketones is 2. The van der Waals surface area contributed by atoms with E-state index in [4.69, 9.17) is 5.11 Å². The van der Waals surface area contributed by atoms with Crippen LogP contribution in [0.2, 0.25) is 0 Å². The first-order valence-electron chi connectivity index (χ1n) is 5.60. The molecular formula is C13H16O4. The Morgan fingerprint density at radius 3 is 2.53 bits per heavy atom. The van der Waals surface area contributed by atoms with Crippen LogP contribution in [0.15, 0.2) is 18.2 Å². The molecule has 0 aromatic heterocycles. The first-order valence-corrected chi connectivity index (χ1v) is 5.60. The fourth-order valence-corrected chi connectivity index (χ4v) is 1.50. The van der Waals surface area contributed by atoms with Crippen molar-refractivity contribution >= 4 is 11.6 Å². The molecule has 0 spiro atoms. The van der Waals surface area contributed by atoms with Crippen molar-refractivity contribution in [3.8, 4) is 5.75 Å². The van der Waals surface area contributed by atoms with Crippen LogP contribution in [0.5, 0.6) is 5.75 Å². The minimum atomic E-state index is -0.680. The minimum Gasteiger partial charge on any atom is -0.507 e. The van der Waals surface area contributed by atoms with Gasteiger partial charge in [0.05, 0.1) is 5.56 Å². The van der Waals surface area contributed by atoms with Crippen molar-refractivity contribution in [1.82, 2.24) is 0 Å². The lowest BCUT2D eigenvalue weighted by molar-refractivity contribution is 0.0901. The van der Waals surface area contributed by atoms with Crippen LogP contribution in [-0.4, -0.2) is 28.4 Å². The first-order chi connectivity index (χ1) is 8.10. The summed E-state index contributed by atoms with van der Waals surface area (Å²) in [6, 6.07) is 4.13. The van der Waals surface area contributed by atoms with Gasteiger partial charge in [-0.1, -0.05) is 13.3 Å². The maximum atomic E-state index is 11.7. The SMILES string of the molecule is CCCCC(=O)c1ccc(O)c(C(=O)CO)c1. The monoisotopic (exact) mass is 236 g/mol. The highest BCUT2D eigenvalue weighted by atomic mass is 16.3. The van der Waals surface area contributed by atoms with Gasteiger partial charge in [0.25, 0.3) is 0 Å². The smallest absolute Gasteiger partial charge is 0.191 e. The van der Waals surface area contributed by atoms with E-state index in [1.165, 1.54) is 18.2 Å². The number of benzene rings is 1. The molecule has 0 aliphatic heterocycles. The molecule has 0 saturated heterocycles. The van der Waals surface area contributed by atoms with Gasteiger partial charge in [-0.15, -0.1) is 0 Å². The third kappa shape index (κ3) is 3.39. The van der Waals surface area contributed by atoms with E-state index < -0.39 is 12.4 Å². The van der Waals surface area contributed by atoms with E-state index in [0.29, 0.717) is 12.0 Å². The number of aliphatic hydroxyl groups is 1. The molecule has 0 fully saturated rings. The fourth-order valence-electron chi connectivity index (χ4n) is 1.50. The molecule has 0 heterocycles. The van der Waals surface area contributed by atoms with Crippen LogP contribution in [0.3, 0.4) is 0 Å². The Hall–Kier alpha value is -1.68.